The Labute approximate surface area is 145 Å². The van der Waals surface area contributed by atoms with Crippen molar-refractivity contribution in [3.8, 4) is 5.75 Å². The highest BCUT2D eigenvalue weighted by atomic mass is 35.5. The second kappa shape index (κ2) is 7.83. The van der Waals surface area contributed by atoms with Crippen LogP contribution in [0, 0.1) is 0 Å². The fourth-order valence-corrected chi connectivity index (χ4v) is 2.89. The van der Waals surface area contributed by atoms with E-state index in [9.17, 15) is 9.59 Å². The predicted octanol–water partition coefficient (Wildman–Crippen LogP) is 0.514. The molecule has 0 radical (unpaired) electrons. The Morgan fingerprint density at radius 3 is 2.88 bits per heavy atom. The van der Waals surface area contributed by atoms with E-state index in [0.29, 0.717) is 23.0 Å². The topological polar surface area (TPSA) is 71.1 Å². The van der Waals surface area contributed by atoms with Gasteiger partial charge >= 0.3 is 0 Å². The zero-order valence-corrected chi connectivity index (χ0v) is 14.1. The molecule has 1 aromatic rings. The van der Waals surface area contributed by atoms with Gasteiger partial charge in [0.2, 0.25) is 5.91 Å². The van der Waals surface area contributed by atoms with E-state index in [2.05, 4.69) is 10.2 Å². The number of ether oxygens (including phenoxy) is 2. The van der Waals surface area contributed by atoms with Gasteiger partial charge in [0.1, 0.15) is 12.3 Å². The number of halogens is 1. The van der Waals surface area contributed by atoms with Crippen LogP contribution in [-0.2, 0) is 14.3 Å². The Bertz CT molecular complexity index is 619. The van der Waals surface area contributed by atoms with E-state index in [1.807, 2.05) is 0 Å². The molecule has 0 saturated carbocycles. The van der Waals surface area contributed by atoms with E-state index in [1.54, 1.807) is 18.2 Å². The third-order valence-corrected chi connectivity index (χ3v) is 4.25. The van der Waals surface area contributed by atoms with Crippen LogP contribution in [0.3, 0.4) is 0 Å². The molecule has 0 aliphatic carbocycles. The lowest BCUT2D eigenvalue weighted by atomic mass is 10.2. The molecule has 1 fully saturated rings. The molecule has 0 unspecified atom stereocenters. The highest BCUT2D eigenvalue weighted by Gasteiger charge is 2.27. The van der Waals surface area contributed by atoms with Crippen LogP contribution in [0.25, 0.3) is 0 Å². The molecule has 130 valence electrons. The van der Waals surface area contributed by atoms with Gasteiger partial charge in [-0.05, 0) is 18.2 Å². The Hall–Kier alpha value is -1.83. The van der Waals surface area contributed by atoms with Crippen LogP contribution in [0.2, 0.25) is 5.02 Å². The van der Waals surface area contributed by atoms with Crippen molar-refractivity contribution in [1.82, 2.24) is 10.2 Å². The van der Waals surface area contributed by atoms with Gasteiger partial charge in [0.25, 0.3) is 5.91 Å². The molecule has 2 heterocycles. The van der Waals surface area contributed by atoms with E-state index in [0.717, 1.165) is 32.8 Å². The van der Waals surface area contributed by atoms with Crippen LogP contribution in [-0.4, -0.2) is 69.3 Å². The number of carbonyl (C=O) groups is 2. The van der Waals surface area contributed by atoms with Crippen molar-refractivity contribution >= 4 is 29.1 Å². The van der Waals surface area contributed by atoms with E-state index < -0.39 is 0 Å². The Morgan fingerprint density at radius 1 is 1.29 bits per heavy atom. The van der Waals surface area contributed by atoms with Gasteiger partial charge < -0.3 is 14.8 Å². The van der Waals surface area contributed by atoms with Crippen molar-refractivity contribution < 1.29 is 19.1 Å². The fourth-order valence-electron chi connectivity index (χ4n) is 2.73. The molecule has 0 bridgehead atoms. The van der Waals surface area contributed by atoms with E-state index >= 15 is 0 Å². The van der Waals surface area contributed by atoms with Crippen LogP contribution in [0.1, 0.15) is 0 Å². The summed E-state index contributed by atoms with van der Waals surface area (Å²) in [5.41, 5.74) is 0.530. The highest BCUT2D eigenvalue weighted by Crippen LogP contribution is 2.34. The van der Waals surface area contributed by atoms with Crippen molar-refractivity contribution in [3.63, 3.8) is 0 Å². The monoisotopic (exact) mass is 353 g/mol. The lowest BCUT2D eigenvalue weighted by Crippen LogP contribution is -2.47. The maximum atomic E-state index is 12.2. The number of hydrogen-bond acceptors (Lipinski definition) is 5. The molecule has 0 spiro atoms. The molecule has 2 amide bonds. The van der Waals surface area contributed by atoms with Crippen molar-refractivity contribution in [2.75, 3.05) is 57.4 Å². The number of hydrogen-bond donors (Lipinski definition) is 1. The van der Waals surface area contributed by atoms with Crippen LogP contribution >= 0.6 is 11.6 Å². The molecule has 24 heavy (non-hydrogen) atoms. The molecule has 1 aromatic carbocycles. The van der Waals surface area contributed by atoms with Gasteiger partial charge in [-0.25, -0.2) is 0 Å². The molecule has 1 N–H and O–H groups in total. The third kappa shape index (κ3) is 4.17. The van der Waals surface area contributed by atoms with Crippen LogP contribution in [0.15, 0.2) is 18.2 Å². The van der Waals surface area contributed by atoms with Gasteiger partial charge in [-0.3, -0.25) is 19.4 Å². The fraction of sp³-hybridized carbons (Fsp3) is 0.500. The van der Waals surface area contributed by atoms with E-state index in [1.165, 1.54) is 4.90 Å². The number of benzene rings is 1. The summed E-state index contributed by atoms with van der Waals surface area (Å²) in [5.74, 6) is 0.0950. The van der Waals surface area contributed by atoms with Gasteiger partial charge in [-0.1, -0.05) is 11.6 Å². The molecule has 8 heteroatoms. The third-order valence-electron chi connectivity index (χ3n) is 4.02. The SMILES string of the molecule is O=C(CN1C(=O)COc2ccc(Cl)cc21)NCCN1CCOCC1. The van der Waals surface area contributed by atoms with E-state index in [4.69, 9.17) is 21.1 Å². The number of amides is 2. The van der Waals surface area contributed by atoms with Crippen LogP contribution in [0.4, 0.5) is 5.69 Å². The minimum atomic E-state index is -0.256. The maximum Gasteiger partial charge on any atom is 0.265 e. The number of carbonyl (C=O) groups excluding carboxylic acids is 2. The number of nitrogens with one attached hydrogen (secondary N) is 1. The second-order valence-corrected chi connectivity index (χ2v) is 6.12. The molecule has 2 aliphatic heterocycles. The first kappa shape index (κ1) is 17.0. The second-order valence-electron chi connectivity index (χ2n) is 5.68. The van der Waals surface area contributed by atoms with Gasteiger partial charge in [-0.2, -0.15) is 0 Å². The van der Waals surface area contributed by atoms with Crippen LogP contribution < -0.4 is 15.0 Å². The summed E-state index contributed by atoms with van der Waals surface area (Å²) in [6.07, 6.45) is 0. The molecule has 7 nitrogen and oxygen atoms in total. The Morgan fingerprint density at radius 2 is 2.08 bits per heavy atom. The van der Waals surface area contributed by atoms with Gasteiger partial charge in [0, 0.05) is 31.2 Å². The van der Waals surface area contributed by atoms with Crippen molar-refractivity contribution in [2.45, 2.75) is 0 Å². The minimum absolute atomic E-state index is 0.0430. The Balaban J connectivity index is 1.54. The predicted molar refractivity (Wildman–Crippen MR) is 89.6 cm³/mol. The van der Waals surface area contributed by atoms with Crippen molar-refractivity contribution in [3.05, 3.63) is 23.2 Å². The summed E-state index contributed by atoms with van der Waals surface area (Å²) < 4.78 is 10.6. The van der Waals surface area contributed by atoms with E-state index in [-0.39, 0.29) is 25.0 Å². The largest absolute Gasteiger partial charge is 0.482 e. The van der Waals surface area contributed by atoms with Crippen LogP contribution in [0.5, 0.6) is 5.75 Å². The van der Waals surface area contributed by atoms with Gasteiger partial charge in [-0.15, -0.1) is 0 Å². The first-order valence-electron chi connectivity index (χ1n) is 7.93. The number of fused-ring (bicyclic) bond motifs is 1. The molecular weight excluding hydrogens is 334 g/mol. The maximum absolute atomic E-state index is 12.2. The quantitative estimate of drug-likeness (QED) is 0.835. The Kier molecular flexibility index (Phi) is 5.55. The summed E-state index contributed by atoms with van der Waals surface area (Å²) in [6, 6.07) is 5.03. The first-order chi connectivity index (χ1) is 11.6. The average molecular weight is 354 g/mol. The van der Waals surface area contributed by atoms with Crippen molar-refractivity contribution in [1.29, 1.82) is 0 Å². The summed E-state index contributed by atoms with van der Waals surface area (Å²) >= 11 is 5.99. The highest BCUT2D eigenvalue weighted by molar-refractivity contribution is 6.31. The standard InChI is InChI=1S/C16H20ClN3O4/c17-12-1-2-14-13(9-12)20(16(22)11-24-14)10-15(21)18-3-4-19-5-7-23-8-6-19/h1-2,9H,3-8,10-11H2,(H,18,21). The molecule has 1 saturated heterocycles. The number of morpholine rings is 1. The molecule has 2 aliphatic rings. The summed E-state index contributed by atoms with van der Waals surface area (Å²) in [7, 11) is 0. The molecular formula is C16H20ClN3O4. The van der Waals surface area contributed by atoms with Gasteiger partial charge in [0.15, 0.2) is 6.61 Å². The average Bonchev–Trinajstić information content (AvgIpc) is 2.58. The lowest BCUT2D eigenvalue weighted by molar-refractivity contribution is -0.125. The summed E-state index contributed by atoms with van der Waals surface area (Å²) in [4.78, 5) is 27.9. The first-order valence-corrected chi connectivity index (χ1v) is 8.31. The molecule has 0 aromatic heterocycles. The van der Waals surface area contributed by atoms with Crippen molar-refractivity contribution in [2.24, 2.45) is 0 Å². The zero-order valence-electron chi connectivity index (χ0n) is 13.3. The van der Waals surface area contributed by atoms with Gasteiger partial charge in [0.05, 0.1) is 18.9 Å². The number of anilines is 1. The number of rotatable bonds is 5. The molecule has 3 rings (SSSR count). The lowest BCUT2D eigenvalue weighted by Gasteiger charge is -2.29. The summed E-state index contributed by atoms with van der Waals surface area (Å²) in [6.45, 7) is 4.41. The minimum Gasteiger partial charge on any atom is -0.482 e. The zero-order chi connectivity index (χ0) is 16.9. The number of nitrogens with zero attached hydrogens (tertiary/aromatic N) is 2. The summed E-state index contributed by atoms with van der Waals surface area (Å²) in [5, 5.41) is 3.34. The molecule has 0 atom stereocenters. The normalized spacial score (nSPS) is 18.0. The smallest absolute Gasteiger partial charge is 0.265 e.